The molecule has 94 valence electrons. The zero-order valence-corrected chi connectivity index (χ0v) is 11.1. The largest absolute Gasteiger partial charge is 0.313 e. The van der Waals surface area contributed by atoms with Crippen molar-refractivity contribution in [1.29, 1.82) is 0 Å². The Morgan fingerprint density at radius 3 is 2.38 bits per heavy atom. The number of rotatable bonds is 5. The van der Waals surface area contributed by atoms with Gasteiger partial charge in [-0.3, -0.25) is 0 Å². The van der Waals surface area contributed by atoms with Crippen LogP contribution < -0.4 is 5.32 Å². The topological polar surface area (TPSA) is 46.2 Å². The van der Waals surface area contributed by atoms with Crippen molar-refractivity contribution in [2.75, 3.05) is 18.1 Å². The molecule has 0 amide bonds. The smallest absolute Gasteiger partial charge is 0.150 e. The first-order valence-electron chi connectivity index (χ1n) is 6.42. The van der Waals surface area contributed by atoms with Gasteiger partial charge in [-0.15, -0.1) is 0 Å². The summed E-state index contributed by atoms with van der Waals surface area (Å²) in [6.07, 6.45) is 3.54. The molecule has 1 aliphatic carbocycles. The molecule has 16 heavy (non-hydrogen) atoms. The van der Waals surface area contributed by atoms with Crippen molar-refractivity contribution in [2.45, 2.75) is 39.2 Å². The monoisotopic (exact) mass is 245 g/mol. The molecule has 2 rings (SSSR count). The highest BCUT2D eigenvalue weighted by molar-refractivity contribution is 7.91. The van der Waals surface area contributed by atoms with Crippen LogP contribution in [0.3, 0.4) is 0 Å². The van der Waals surface area contributed by atoms with Gasteiger partial charge in [0.1, 0.15) is 0 Å². The third-order valence-electron chi connectivity index (χ3n) is 3.82. The lowest BCUT2D eigenvalue weighted by Crippen LogP contribution is -2.39. The van der Waals surface area contributed by atoms with E-state index in [-0.39, 0.29) is 0 Å². The Kier molecular flexibility index (Phi) is 3.59. The van der Waals surface area contributed by atoms with Crippen LogP contribution in [0.1, 0.15) is 33.1 Å². The van der Waals surface area contributed by atoms with Crippen molar-refractivity contribution in [3.05, 3.63) is 0 Å². The van der Waals surface area contributed by atoms with Gasteiger partial charge in [0.25, 0.3) is 0 Å². The Morgan fingerprint density at radius 2 is 1.94 bits per heavy atom. The van der Waals surface area contributed by atoms with E-state index in [9.17, 15) is 8.42 Å². The lowest BCUT2D eigenvalue weighted by atomic mass is 9.98. The second-order valence-corrected chi connectivity index (χ2v) is 8.01. The van der Waals surface area contributed by atoms with Gasteiger partial charge >= 0.3 is 0 Å². The quantitative estimate of drug-likeness (QED) is 0.797. The molecular weight excluding hydrogens is 222 g/mol. The molecule has 2 atom stereocenters. The van der Waals surface area contributed by atoms with E-state index in [2.05, 4.69) is 19.2 Å². The number of nitrogens with one attached hydrogen (secondary N) is 1. The molecule has 0 radical (unpaired) electrons. The van der Waals surface area contributed by atoms with Gasteiger partial charge in [0.15, 0.2) is 9.84 Å². The first kappa shape index (κ1) is 12.4. The van der Waals surface area contributed by atoms with Gasteiger partial charge in [0.2, 0.25) is 0 Å². The minimum atomic E-state index is -2.71. The van der Waals surface area contributed by atoms with Gasteiger partial charge in [0, 0.05) is 6.04 Å². The van der Waals surface area contributed by atoms with E-state index in [0.29, 0.717) is 29.4 Å². The third kappa shape index (κ3) is 3.20. The molecular formula is C12H23NO2S. The zero-order chi connectivity index (χ0) is 11.8. The van der Waals surface area contributed by atoms with Crippen LogP contribution in [-0.2, 0) is 9.84 Å². The highest BCUT2D eigenvalue weighted by Crippen LogP contribution is 2.35. The minimum Gasteiger partial charge on any atom is -0.313 e. The molecule has 2 aliphatic rings. The molecule has 2 fully saturated rings. The molecule has 0 spiro atoms. The Balaban J connectivity index is 1.78. The molecule has 1 heterocycles. The summed E-state index contributed by atoms with van der Waals surface area (Å²) in [5.41, 5.74) is 0. The number of sulfone groups is 1. The predicted octanol–water partition coefficient (Wildman–Crippen LogP) is 1.45. The second kappa shape index (κ2) is 4.65. The average molecular weight is 245 g/mol. The molecule has 0 aromatic heterocycles. The fourth-order valence-electron chi connectivity index (χ4n) is 2.74. The van der Waals surface area contributed by atoms with Gasteiger partial charge < -0.3 is 5.32 Å². The first-order chi connectivity index (χ1) is 7.48. The molecule has 1 saturated carbocycles. The maximum atomic E-state index is 11.3. The molecule has 4 heteroatoms. The van der Waals surface area contributed by atoms with Crippen molar-refractivity contribution < 1.29 is 8.42 Å². The Morgan fingerprint density at radius 1 is 1.25 bits per heavy atom. The van der Waals surface area contributed by atoms with E-state index >= 15 is 0 Å². The maximum Gasteiger partial charge on any atom is 0.150 e. The Labute approximate surface area is 98.9 Å². The van der Waals surface area contributed by atoms with Crippen LogP contribution in [-0.4, -0.2) is 32.5 Å². The summed E-state index contributed by atoms with van der Waals surface area (Å²) in [4.78, 5) is 0. The van der Waals surface area contributed by atoms with Crippen molar-refractivity contribution >= 4 is 9.84 Å². The average Bonchev–Trinajstić information content (AvgIpc) is 2.92. The molecule has 2 unspecified atom stereocenters. The standard InChI is InChI=1S/C12H23NO2S/c1-9(2)12(11-3-4-11)13-7-10-5-6-16(14,15)8-10/h9-13H,3-8H2,1-2H3. The molecule has 3 nitrogen and oxygen atoms in total. The summed E-state index contributed by atoms with van der Waals surface area (Å²) in [7, 11) is -2.71. The van der Waals surface area contributed by atoms with E-state index in [0.717, 1.165) is 18.9 Å². The van der Waals surface area contributed by atoms with E-state index in [1.807, 2.05) is 0 Å². The first-order valence-corrected chi connectivity index (χ1v) is 8.24. The molecule has 0 aromatic carbocycles. The van der Waals surface area contributed by atoms with Gasteiger partial charge in [-0.1, -0.05) is 13.8 Å². The fourth-order valence-corrected chi connectivity index (χ4v) is 4.60. The van der Waals surface area contributed by atoms with Crippen LogP contribution in [0.25, 0.3) is 0 Å². The fraction of sp³-hybridized carbons (Fsp3) is 1.00. The molecule has 1 saturated heterocycles. The molecule has 0 aromatic rings. The predicted molar refractivity (Wildman–Crippen MR) is 66.1 cm³/mol. The van der Waals surface area contributed by atoms with E-state index < -0.39 is 9.84 Å². The van der Waals surface area contributed by atoms with Crippen molar-refractivity contribution in [2.24, 2.45) is 17.8 Å². The maximum absolute atomic E-state index is 11.3. The van der Waals surface area contributed by atoms with Gasteiger partial charge in [-0.25, -0.2) is 8.42 Å². The number of hydrogen-bond donors (Lipinski definition) is 1. The van der Waals surface area contributed by atoms with Crippen LogP contribution >= 0.6 is 0 Å². The second-order valence-electron chi connectivity index (χ2n) is 5.78. The van der Waals surface area contributed by atoms with Crippen LogP contribution in [0.5, 0.6) is 0 Å². The summed E-state index contributed by atoms with van der Waals surface area (Å²) < 4.78 is 22.7. The Bertz CT molecular complexity index is 331. The zero-order valence-electron chi connectivity index (χ0n) is 10.3. The van der Waals surface area contributed by atoms with Gasteiger partial charge in [0.05, 0.1) is 11.5 Å². The third-order valence-corrected chi connectivity index (χ3v) is 5.65. The van der Waals surface area contributed by atoms with E-state index in [4.69, 9.17) is 0 Å². The van der Waals surface area contributed by atoms with E-state index in [1.165, 1.54) is 12.8 Å². The van der Waals surface area contributed by atoms with Crippen molar-refractivity contribution in [1.82, 2.24) is 5.32 Å². The Hall–Kier alpha value is -0.0900. The lowest BCUT2D eigenvalue weighted by molar-refractivity contribution is 0.340. The van der Waals surface area contributed by atoms with Crippen LogP contribution in [0, 0.1) is 17.8 Å². The molecule has 1 aliphatic heterocycles. The summed E-state index contributed by atoms with van der Waals surface area (Å²) in [6.45, 7) is 5.39. The summed E-state index contributed by atoms with van der Waals surface area (Å²) in [5.74, 6) is 2.65. The van der Waals surface area contributed by atoms with Crippen molar-refractivity contribution in [3.63, 3.8) is 0 Å². The van der Waals surface area contributed by atoms with Gasteiger partial charge in [-0.2, -0.15) is 0 Å². The van der Waals surface area contributed by atoms with Crippen LogP contribution in [0.4, 0.5) is 0 Å². The molecule has 0 bridgehead atoms. The normalized spacial score (nSPS) is 30.8. The SMILES string of the molecule is CC(C)C(NCC1CCS(=O)(=O)C1)C1CC1. The lowest BCUT2D eigenvalue weighted by Gasteiger charge is -2.23. The van der Waals surface area contributed by atoms with Crippen LogP contribution in [0.2, 0.25) is 0 Å². The van der Waals surface area contributed by atoms with Crippen LogP contribution in [0.15, 0.2) is 0 Å². The highest BCUT2D eigenvalue weighted by Gasteiger charge is 2.34. The number of hydrogen-bond acceptors (Lipinski definition) is 3. The minimum absolute atomic E-state index is 0.352. The van der Waals surface area contributed by atoms with E-state index in [1.54, 1.807) is 0 Å². The van der Waals surface area contributed by atoms with Crippen molar-refractivity contribution in [3.8, 4) is 0 Å². The highest BCUT2D eigenvalue weighted by atomic mass is 32.2. The summed E-state index contributed by atoms with van der Waals surface area (Å²) in [5, 5.41) is 3.60. The summed E-state index contributed by atoms with van der Waals surface area (Å²) in [6, 6.07) is 0.600. The molecule has 1 N–H and O–H groups in total. The van der Waals surface area contributed by atoms with Gasteiger partial charge in [-0.05, 0) is 43.6 Å². The summed E-state index contributed by atoms with van der Waals surface area (Å²) >= 11 is 0.